The van der Waals surface area contributed by atoms with Crippen molar-refractivity contribution in [2.45, 2.75) is 23.9 Å². The zero-order valence-corrected chi connectivity index (χ0v) is 14.2. The van der Waals surface area contributed by atoms with Crippen molar-refractivity contribution in [1.82, 2.24) is 20.2 Å². The number of rotatable bonds is 6. The molecule has 0 saturated carbocycles. The van der Waals surface area contributed by atoms with Gasteiger partial charge in [-0.3, -0.25) is 4.79 Å². The van der Waals surface area contributed by atoms with E-state index in [9.17, 15) is 9.18 Å². The lowest BCUT2D eigenvalue weighted by Gasteiger charge is -2.11. The molecule has 0 fully saturated rings. The van der Waals surface area contributed by atoms with E-state index in [4.69, 9.17) is 10.3 Å². The Morgan fingerprint density at radius 3 is 2.80 bits per heavy atom. The van der Waals surface area contributed by atoms with E-state index in [1.54, 1.807) is 31.2 Å². The number of nitrogens with one attached hydrogen (secondary N) is 1. The van der Waals surface area contributed by atoms with Gasteiger partial charge in [-0.05, 0) is 36.8 Å². The van der Waals surface area contributed by atoms with Gasteiger partial charge >= 0.3 is 0 Å². The smallest absolute Gasteiger partial charge is 0.233 e. The van der Waals surface area contributed by atoms with Gasteiger partial charge in [0.05, 0.1) is 11.5 Å². The molecule has 3 aromatic rings. The van der Waals surface area contributed by atoms with Crippen molar-refractivity contribution in [2.24, 2.45) is 0 Å². The van der Waals surface area contributed by atoms with Crippen LogP contribution in [0.3, 0.4) is 0 Å². The minimum Gasteiger partial charge on any atom is -0.461 e. The van der Waals surface area contributed by atoms with Crippen molar-refractivity contribution in [3.8, 4) is 11.6 Å². The highest BCUT2D eigenvalue weighted by atomic mass is 32.2. The molecule has 130 valence electrons. The van der Waals surface area contributed by atoms with Crippen molar-refractivity contribution in [3.63, 3.8) is 0 Å². The maximum Gasteiger partial charge on any atom is 0.233 e. The SMILES string of the molecule is CC(Sc1nnc(-c2ccco2)n1N)C(=O)NCc1ccc(F)cc1. The number of amides is 1. The molecular formula is C16H16FN5O2S. The van der Waals surface area contributed by atoms with Crippen LogP contribution in [-0.2, 0) is 11.3 Å². The molecule has 0 bridgehead atoms. The Morgan fingerprint density at radius 1 is 1.36 bits per heavy atom. The second kappa shape index (κ2) is 7.39. The van der Waals surface area contributed by atoms with Gasteiger partial charge in [0.2, 0.25) is 16.9 Å². The molecule has 2 heterocycles. The van der Waals surface area contributed by atoms with Crippen LogP contribution in [0.25, 0.3) is 11.6 Å². The van der Waals surface area contributed by atoms with Crippen LogP contribution in [0.15, 0.2) is 52.2 Å². The van der Waals surface area contributed by atoms with Crippen molar-refractivity contribution in [2.75, 3.05) is 5.84 Å². The van der Waals surface area contributed by atoms with E-state index < -0.39 is 5.25 Å². The third-order valence-corrected chi connectivity index (χ3v) is 4.49. The molecule has 0 aliphatic carbocycles. The van der Waals surface area contributed by atoms with Crippen molar-refractivity contribution in [3.05, 3.63) is 54.0 Å². The number of hydrogen-bond donors (Lipinski definition) is 2. The quantitative estimate of drug-likeness (QED) is 0.516. The van der Waals surface area contributed by atoms with Gasteiger partial charge in [0.15, 0.2) is 5.76 Å². The van der Waals surface area contributed by atoms with Gasteiger partial charge in [0.25, 0.3) is 0 Å². The third-order valence-electron chi connectivity index (χ3n) is 3.44. The Balaban J connectivity index is 1.59. The van der Waals surface area contributed by atoms with E-state index in [1.165, 1.54) is 34.8 Å². The molecule has 0 saturated heterocycles. The first-order chi connectivity index (χ1) is 12.0. The van der Waals surface area contributed by atoms with E-state index in [1.807, 2.05) is 0 Å². The van der Waals surface area contributed by atoms with Crippen molar-refractivity contribution < 1.29 is 13.6 Å². The lowest BCUT2D eigenvalue weighted by atomic mass is 10.2. The molecule has 1 aromatic carbocycles. The predicted molar refractivity (Wildman–Crippen MR) is 91.4 cm³/mol. The number of carbonyl (C=O) groups is 1. The van der Waals surface area contributed by atoms with Gasteiger partial charge in [-0.25, -0.2) is 9.07 Å². The molecule has 0 aliphatic rings. The Bertz CT molecular complexity index is 848. The Morgan fingerprint density at radius 2 is 2.12 bits per heavy atom. The van der Waals surface area contributed by atoms with Gasteiger partial charge in [-0.1, -0.05) is 23.9 Å². The fraction of sp³-hybridized carbons (Fsp3) is 0.188. The van der Waals surface area contributed by atoms with Crippen LogP contribution in [-0.4, -0.2) is 26.0 Å². The minimum atomic E-state index is -0.434. The summed E-state index contributed by atoms with van der Waals surface area (Å²) < 4.78 is 19.4. The largest absolute Gasteiger partial charge is 0.461 e. The summed E-state index contributed by atoms with van der Waals surface area (Å²) in [4.78, 5) is 12.2. The van der Waals surface area contributed by atoms with Crippen LogP contribution in [0.1, 0.15) is 12.5 Å². The average Bonchev–Trinajstić information content (AvgIpc) is 3.24. The molecule has 0 aliphatic heterocycles. The predicted octanol–water partition coefficient (Wildman–Crippen LogP) is 2.19. The van der Waals surface area contributed by atoms with Gasteiger partial charge < -0.3 is 15.6 Å². The minimum absolute atomic E-state index is 0.183. The van der Waals surface area contributed by atoms with Crippen molar-refractivity contribution in [1.29, 1.82) is 0 Å². The molecule has 3 N–H and O–H groups in total. The van der Waals surface area contributed by atoms with Crippen LogP contribution in [0, 0.1) is 5.82 Å². The van der Waals surface area contributed by atoms with Crippen molar-refractivity contribution >= 4 is 17.7 Å². The zero-order valence-electron chi connectivity index (χ0n) is 13.3. The van der Waals surface area contributed by atoms with E-state index in [-0.39, 0.29) is 11.7 Å². The number of furan rings is 1. The number of nitrogen functional groups attached to an aromatic ring is 1. The second-order valence-corrected chi connectivity index (χ2v) is 6.57. The molecule has 1 atom stereocenters. The van der Waals surface area contributed by atoms with Crippen LogP contribution < -0.4 is 11.2 Å². The number of hydrogen-bond acceptors (Lipinski definition) is 6. The van der Waals surface area contributed by atoms with Gasteiger partial charge in [-0.2, -0.15) is 0 Å². The number of thioether (sulfide) groups is 1. The molecule has 25 heavy (non-hydrogen) atoms. The molecule has 7 nitrogen and oxygen atoms in total. The van der Waals surface area contributed by atoms with Crippen LogP contribution >= 0.6 is 11.8 Å². The number of nitrogens with two attached hydrogens (primary N) is 1. The molecule has 0 radical (unpaired) electrons. The first kappa shape index (κ1) is 17.0. The lowest BCUT2D eigenvalue weighted by molar-refractivity contribution is -0.120. The first-order valence-corrected chi connectivity index (χ1v) is 8.35. The summed E-state index contributed by atoms with van der Waals surface area (Å²) in [5, 5.41) is 10.7. The summed E-state index contributed by atoms with van der Waals surface area (Å²) in [6, 6.07) is 9.40. The summed E-state index contributed by atoms with van der Waals surface area (Å²) in [6.45, 7) is 2.06. The number of nitrogens with zero attached hydrogens (tertiary/aromatic N) is 3. The maximum absolute atomic E-state index is 12.9. The van der Waals surface area contributed by atoms with Crippen LogP contribution in [0.4, 0.5) is 4.39 Å². The third kappa shape index (κ3) is 4.00. The van der Waals surface area contributed by atoms with Crippen LogP contribution in [0.2, 0.25) is 0 Å². The molecule has 1 unspecified atom stereocenters. The summed E-state index contributed by atoms with van der Waals surface area (Å²) in [7, 11) is 0. The molecule has 2 aromatic heterocycles. The monoisotopic (exact) mass is 361 g/mol. The van der Waals surface area contributed by atoms with E-state index in [0.29, 0.717) is 23.3 Å². The summed E-state index contributed by atoms with van der Waals surface area (Å²) in [5.74, 6) is 6.35. The van der Waals surface area contributed by atoms with E-state index in [2.05, 4.69) is 15.5 Å². The zero-order chi connectivity index (χ0) is 17.8. The maximum atomic E-state index is 12.9. The molecule has 0 spiro atoms. The second-order valence-electron chi connectivity index (χ2n) is 5.26. The standard InChI is InChI=1S/C16H16FN5O2S/c1-10(15(23)19-9-11-4-6-12(17)7-5-11)25-16-21-20-14(22(16)18)13-3-2-8-24-13/h2-8,10H,9,18H2,1H3,(H,19,23). The summed E-state index contributed by atoms with van der Waals surface area (Å²) in [5.41, 5.74) is 0.814. The van der Waals surface area contributed by atoms with E-state index >= 15 is 0 Å². The van der Waals surface area contributed by atoms with Crippen LogP contribution in [0.5, 0.6) is 0 Å². The van der Waals surface area contributed by atoms with Gasteiger partial charge in [0, 0.05) is 6.54 Å². The number of benzene rings is 1. The van der Waals surface area contributed by atoms with E-state index in [0.717, 1.165) is 5.56 Å². The fourth-order valence-electron chi connectivity index (χ4n) is 2.08. The highest BCUT2D eigenvalue weighted by Crippen LogP contribution is 2.24. The number of carbonyl (C=O) groups excluding carboxylic acids is 1. The molecular weight excluding hydrogens is 345 g/mol. The van der Waals surface area contributed by atoms with Gasteiger partial charge in [-0.15, -0.1) is 10.2 Å². The summed E-state index contributed by atoms with van der Waals surface area (Å²) >= 11 is 1.18. The highest BCUT2D eigenvalue weighted by molar-refractivity contribution is 8.00. The topological polar surface area (TPSA) is 99.0 Å². The summed E-state index contributed by atoms with van der Waals surface area (Å²) in [6.07, 6.45) is 1.52. The average molecular weight is 361 g/mol. The number of aromatic nitrogens is 3. The highest BCUT2D eigenvalue weighted by Gasteiger charge is 2.20. The Hall–Kier alpha value is -2.81. The molecule has 9 heteroatoms. The number of halogens is 1. The molecule has 3 rings (SSSR count). The lowest BCUT2D eigenvalue weighted by Crippen LogP contribution is -2.30. The normalized spacial score (nSPS) is 12.1. The Labute approximate surface area is 147 Å². The van der Waals surface area contributed by atoms with Gasteiger partial charge in [0.1, 0.15) is 5.82 Å². The fourth-order valence-corrected chi connectivity index (χ4v) is 2.87. The molecule has 1 amide bonds. The first-order valence-electron chi connectivity index (χ1n) is 7.48. The Kier molecular flexibility index (Phi) is 5.03.